The Kier molecular flexibility index (Phi) is 4.67. The van der Waals surface area contributed by atoms with Gasteiger partial charge in [0.05, 0.1) is 17.6 Å². The molecule has 4 aromatic rings. The van der Waals surface area contributed by atoms with E-state index in [9.17, 15) is 0 Å². The van der Waals surface area contributed by atoms with E-state index in [0.29, 0.717) is 6.04 Å². The zero-order valence-corrected chi connectivity index (χ0v) is 17.0. The maximum Gasteiger partial charge on any atom is 0.180 e. The first kappa shape index (κ1) is 18.4. The monoisotopic (exact) mass is 396 g/mol. The van der Waals surface area contributed by atoms with Crippen LogP contribution in [0.15, 0.2) is 67.8 Å². The van der Waals surface area contributed by atoms with Crippen molar-refractivity contribution in [3.05, 3.63) is 73.3 Å². The molecule has 0 saturated heterocycles. The van der Waals surface area contributed by atoms with Gasteiger partial charge in [0.15, 0.2) is 11.5 Å². The van der Waals surface area contributed by atoms with Crippen LogP contribution in [0.5, 0.6) is 0 Å². The van der Waals surface area contributed by atoms with Crippen LogP contribution in [-0.4, -0.2) is 31.9 Å². The molecule has 150 valence electrons. The molecule has 1 saturated carbocycles. The van der Waals surface area contributed by atoms with Gasteiger partial charge in [-0.3, -0.25) is 9.38 Å². The lowest BCUT2D eigenvalue weighted by Gasteiger charge is -2.11. The number of rotatable bonds is 7. The van der Waals surface area contributed by atoms with Crippen molar-refractivity contribution in [1.29, 1.82) is 0 Å². The Morgan fingerprint density at radius 2 is 1.87 bits per heavy atom. The fourth-order valence-corrected chi connectivity index (χ4v) is 3.55. The minimum atomic E-state index is 0.597. The summed E-state index contributed by atoms with van der Waals surface area (Å²) < 4.78 is 2.10. The Bertz CT molecular complexity index is 1190. The van der Waals surface area contributed by atoms with Crippen molar-refractivity contribution < 1.29 is 0 Å². The van der Waals surface area contributed by atoms with E-state index in [4.69, 9.17) is 4.98 Å². The highest BCUT2D eigenvalue weighted by Crippen LogP contribution is 2.29. The molecule has 1 aromatic carbocycles. The fraction of sp³-hybridized carbons (Fsp3) is 0.208. The second kappa shape index (κ2) is 7.63. The maximum atomic E-state index is 4.80. The minimum absolute atomic E-state index is 0.597. The molecule has 0 unspecified atom stereocenters. The highest BCUT2D eigenvalue weighted by Gasteiger charge is 2.21. The molecule has 2 N–H and O–H groups in total. The molecular weight excluding hydrogens is 372 g/mol. The third kappa shape index (κ3) is 3.52. The number of hydrogen-bond donors (Lipinski definition) is 2. The highest BCUT2D eigenvalue weighted by molar-refractivity contribution is 5.75. The molecule has 1 aliphatic rings. The van der Waals surface area contributed by atoms with Crippen molar-refractivity contribution in [1.82, 2.24) is 24.7 Å². The largest absolute Gasteiger partial charge is 0.382 e. The van der Waals surface area contributed by atoms with Crippen molar-refractivity contribution >= 4 is 17.2 Å². The number of anilines is 1. The standard InChI is InChI=1S/C24H24N6/c1-3-26-23-24-27-14-22(30(24)15-21(29-23)18-10-12-25-13-11-18)19-6-4-17(5-7-19)16(2)28-20-8-9-20/h4-7,10-15,20,28H,2-3,8-9H2,1H3,(H,26,29). The number of pyridine rings is 1. The fourth-order valence-electron chi connectivity index (χ4n) is 3.55. The summed E-state index contributed by atoms with van der Waals surface area (Å²) in [5.74, 6) is 0.775. The molecular formula is C24H24N6. The second-order valence-electron chi connectivity index (χ2n) is 7.55. The Morgan fingerprint density at radius 3 is 2.57 bits per heavy atom. The SMILES string of the molecule is C=C(NC1CC1)c1ccc(-c2cnc3c(NCC)nc(-c4ccncc4)cn23)cc1. The van der Waals surface area contributed by atoms with E-state index < -0.39 is 0 Å². The molecule has 3 heterocycles. The van der Waals surface area contributed by atoms with E-state index >= 15 is 0 Å². The Hall–Kier alpha value is -3.67. The highest BCUT2D eigenvalue weighted by atomic mass is 15.1. The number of nitrogens with one attached hydrogen (secondary N) is 2. The molecule has 3 aromatic heterocycles. The molecule has 0 aliphatic heterocycles. The average Bonchev–Trinajstić information content (AvgIpc) is 3.49. The van der Waals surface area contributed by atoms with Gasteiger partial charge in [-0.2, -0.15) is 0 Å². The molecule has 0 bridgehead atoms. The number of hydrogen-bond acceptors (Lipinski definition) is 5. The minimum Gasteiger partial charge on any atom is -0.382 e. The van der Waals surface area contributed by atoms with E-state index in [1.165, 1.54) is 12.8 Å². The van der Waals surface area contributed by atoms with Crippen LogP contribution >= 0.6 is 0 Å². The summed E-state index contributed by atoms with van der Waals surface area (Å²) in [6, 6.07) is 13.0. The third-order valence-electron chi connectivity index (χ3n) is 5.30. The first-order valence-electron chi connectivity index (χ1n) is 10.3. The van der Waals surface area contributed by atoms with E-state index in [1.54, 1.807) is 12.4 Å². The molecule has 6 nitrogen and oxygen atoms in total. The number of fused-ring (bicyclic) bond motifs is 1. The third-order valence-corrected chi connectivity index (χ3v) is 5.30. The van der Waals surface area contributed by atoms with Crippen LogP contribution in [0.1, 0.15) is 25.3 Å². The number of nitrogens with zero attached hydrogens (tertiary/aromatic N) is 4. The zero-order chi connectivity index (χ0) is 20.5. The first-order chi connectivity index (χ1) is 14.7. The molecule has 30 heavy (non-hydrogen) atoms. The van der Waals surface area contributed by atoms with Gasteiger partial charge in [-0.05, 0) is 37.5 Å². The van der Waals surface area contributed by atoms with Crippen molar-refractivity contribution in [2.24, 2.45) is 0 Å². The molecule has 6 heteroatoms. The topological polar surface area (TPSA) is 67.1 Å². The normalized spacial score (nSPS) is 13.4. The summed E-state index contributed by atoms with van der Waals surface area (Å²) in [6.07, 6.45) is 9.98. The van der Waals surface area contributed by atoms with Gasteiger partial charge in [-0.1, -0.05) is 30.8 Å². The lowest BCUT2D eigenvalue weighted by molar-refractivity contribution is 0.885. The predicted octanol–water partition coefficient (Wildman–Crippen LogP) is 4.61. The second-order valence-corrected chi connectivity index (χ2v) is 7.55. The van der Waals surface area contributed by atoms with Gasteiger partial charge in [0.25, 0.3) is 0 Å². The van der Waals surface area contributed by atoms with Crippen molar-refractivity contribution in [3.63, 3.8) is 0 Å². The summed E-state index contributed by atoms with van der Waals surface area (Å²) in [5, 5.41) is 6.81. The van der Waals surface area contributed by atoms with Gasteiger partial charge < -0.3 is 10.6 Å². The summed E-state index contributed by atoms with van der Waals surface area (Å²) in [7, 11) is 0. The Morgan fingerprint density at radius 1 is 1.10 bits per heavy atom. The summed E-state index contributed by atoms with van der Waals surface area (Å²) in [5.41, 5.74) is 6.93. The van der Waals surface area contributed by atoms with Crippen molar-refractivity contribution in [2.45, 2.75) is 25.8 Å². The van der Waals surface area contributed by atoms with E-state index in [2.05, 4.69) is 62.8 Å². The van der Waals surface area contributed by atoms with Gasteiger partial charge in [-0.15, -0.1) is 0 Å². The van der Waals surface area contributed by atoms with Crippen molar-refractivity contribution in [2.75, 3.05) is 11.9 Å². The summed E-state index contributed by atoms with van der Waals surface area (Å²) in [4.78, 5) is 13.6. The smallest absolute Gasteiger partial charge is 0.180 e. The molecule has 0 amide bonds. The van der Waals surface area contributed by atoms with E-state index in [0.717, 1.165) is 51.8 Å². The number of imidazole rings is 1. The van der Waals surface area contributed by atoms with Crippen LogP contribution in [0.4, 0.5) is 5.82 Å². The number of benzene rings is 1. The van der Waals surface area contributed by atoms with Gasteiger partial charge in [0.1, 0.15) is 0 Å². The van der Waals surface area contributed by atoms with Crippen LogP contribution < -0.4 is 10.6 Å². The molecule has 0 spiro atoms. The van der Waals surface area contributed by atoms with Gasteiger partial charge >= 0.3 is 0 Å². The van der Waals surface area contributed by atoms with Gasteiger partial charge in [0.2, 0.25) is 0 Å². The molecule has 5 rings (SSSR count). The Balaban J connectivity index is 1.55. The van der Waals surface area contributed by atoms with Crippen molar-refractivity contribution in [3.8, 4) is 22.5 Å². The number of aromatic nitrogens is 4. The predicted molar refractivity (Wildman–Crippen MR) is 121 cm³/mol. The zero-order valence-electron chi connectivity index (χ0n) is 17.0. The molecule has 1 aliphatic carbocycles. The average molecular weight is 396 g/mol. The lowest BCUT2D eigenvalue weighted by atomic mass is 10.1. The first-order valence-corrected chi connectivity index (χ1v) is 10.3. The maximum absolute atomic E-state index is 4.80. The van der Waals surface area contributed by atoms with E-state index in [-0.39, 0.29) is 0 Å². The van der Waals surface area contributed by atoms with Crippen LogP contribution in [-0.2, 0) is 0 Å². The van der Waals surface area contributed by atoms with Gasteiger partial charge in [0, 0.05) is 48.0 Å². The molecule has 0 atom stereocenters. The summed E-state index contributed by atoms with van der Waals surface area (Å²) in [6.45, 7) is 7.01. The van der Waals surface area contributed by atoms with E-state index in [1.807, 2.05) is 24.5 Å². The van der Waals surface area contributed by atoms with Crippen LogP contribution in [0.25, 0.3) is 33.9 Å². The van der Waals surface area contributed by atoms with Gasteiger partial charge in [-0.25, -0.2) is 9.97 Å². The van der Waals surface area contributed by atoms with Crippen LogP contribution in [0, 0.1) is 0 Å². The molecule has 1 fully saturated rings. The quantitative estimate of drug-likeness (QED) is 0.477. The molecule has 0 radical (unpaired) electrons. The van der Waals surface area contributed by atoms with Crippen LogP contribution in [0.3, 0.4) is 0 Å². The Labute approximate surface area is 175 Å². The van der Waals surface area contributed by atoms with Crippen LogP contribution in [0.2, 0.25) is 0 Å². The summed E-state index contributed by atoms with van der Waals surface area (Å²) >= 11 is 0. The lowest BCUT2D eigenvalue weighted by Crippen LogP contribution is -2.13.